The Morgan fingerprint density at radius 2 is 1.30 bits per heavy atom. The van der Waals surface area contributed by atoms with E-state index in [4.69, 9.17) is 9.47 Å². The molecule has 0 N–H and O–H groups in total. The van der Waals surface area contributed by atoms with Crippen LogP contribution in [0.5, 0.6) is 0 Å². The zero-order valence-electron chi connectivity index (χ0n) is 14.1. The molecule has 0 aromatic carbocycles. The van der Waals surface area contributed by atoms with Crippen molar-refractivity contribution in [3.05, 3.63) is 0 Å². The number of hydrogen-bond acceptors (Lipinski definition) is 4. The Labute approximate surface area is 122 Å². The average Bonchev–Trinajstić information content (AvgIpc) is 2.11. The minimum Gasteiger partial charge on any atom is -0.443 e. The third-order valence-corrected chi connectivity index (χ3v) is 2.33. The first kappa shape index (κ1) is 18.7. The van der Waals surface area contributed by atoms with Gasteiger partial charge in [0.15, 0.2) is 0 Å². The van der Waals surface area contributed by atoms with E-state index in [2.05, 4.69) is 0 Å². The maximum atomic E-state index is 12.2. The minimum absolute atomic E-state index is 0.260. The summed E-state index contributed by atoms with van der Waals surface area (Å²) in [6.45, 7) is 14.4. The summed E-state index contributed by atoms with van der Waals surface area (Å²) in [7, 11) is 0. The Morgan fingerprint density at radius 3 is 1.55 bits per heavy atom. The van der Waals surface area contributed by atoms with Crippen molar-refractivity contribution in [3.63, 3.8) is 0 Å². The van der Waals surface area contributed by atoms with Crippen LogP contribution in [-0.4, -0.2) is 34.3 Å². The first-order valence-electron chi connectivity index (χ1n) is 7.12. The molecule has 0 radical (unpaired) electrons. The molecule has 0 aromatic heterocycles. The summed E-state index contributed by atoms with van der Waals surface area (Å²) in [5.41, 5.74) is -1.30. The van der Waals surface area contributed by atoms with Gasteiger partial charge >= 0.3 is 12.2 Å². The maximum Gasteiger partial charge on any atom is 0.420 e. The molecule has 0 aromatic rings. The first-order chi connectivity index (χ1) is 8.87. The lowest BCUT2D eigenvalue weighted by molar-refractivity contribution is -0.00645. The predicted molar refractivity (Wildman–Crippen MR) is 78.7 cm³/mol. The second kappa shape index (κ2) is 6.95. The molecule has 0 rings (SSSR count). The zero-order valence-corrected chi connectivity index (χ0v) is 14.1. The summed E-state index contributed by atoms with van der Waals surface area (Å²) in [6.07, 6.45) is 0.252. The van der Waals surface area contributed by atoms with Crippen molar-refractivity contribution in [2.45, 2.75) is 85.5 Å². The summed E-state index contributed by atoms with van der Waals surface area (Å²) < 4.78 is 10.6. The average molecular weight is 287 g/mol. The van der Waals surface area contributed by atoms with Crippen molar-refractivity contribution in [2.24, 2.45) is 0 Å². The van der Waals surface area contributed by atoms with E-state index in [0.717, 1.165) is 11.3 Å². The monoisotopic (exact) mass is 287 g/mol. The van der Waals surface area contributed by atoms with Gasteiger partial charge in [-0.3, -0.25) is 0 Å². The van der Waals surface area contributed by atoms with Crippen LogP contribution in [0.2, 0.25) is 0 Å². The number of rotatable bonds is 3. The van der Waals surface area contributed by atoms with Gasteiger partial charge in [0.2, 0.25) is 0 Å². The molecule has 20 heavy (non-hydrogen) atoms. The highest BCUT2D eigenvalue weighted by Crippen LogP contribution is 2.18. The molecule has 0 aliphatic rings. The Hall–Kier alpha value is -1.26. The second-order valence-electron chi connectivity index (χ2n) is 6.97. The molecule has 0 aliphatic carbocycles. The molecule has 0 saturated carbocycles. The molecule has 1 atom stereocenters. The van der Waals surface area contributed by atoms with Gasteiger partial charge in [0.1, 0.15) is 11.2 Å². The summed E-state index contributed by atoms with van der Waals surface area (Å²) in [5, 5.41) is 0. The van der Waals surface area contributed by atoms with Gasteiger partial charge in [-0.1, -0.05) is 13.3 Å². The molecule has 118 valence electrons. The summed E-state index contributed by atoms with van der Waals surface area (Å²) >= 11 is 0. The molecule has 0 heterocycles. The highest BCUT2D eigenvalue weighted by molar-refractivity contribution is 5.88. The lowest BCUT2D eigenvalue weighted by atomic mass is 10.1. The molecule has 0 spiro atoms. The van der Waals surface area contributed by atoms with Gasteiger partial charge in [0, 0.05) is 6.04 Å². The predicted octanol–water partition coefficient (Wildman–Crippen LogP) is 4.35. The van der Waals surface area contributed by atoms with Crippen LogP contribution in [0, 0.1) is 0 Å². The number of ether oxygens (including phenoxy) is 2. The van der Waals surface area contributed by atoms with Crippen molar-refractivity contribution in [3.8, 4) is 0 Å². The van der Waals surface area contributed by atoms with Gasteiger partial charge in [0.05, 0.1) is 0 Å². The number of imide groups is 1. The summed E-state index contributed by atoms with van der Waals surface area (Å²) in [4.78, 5) is 25.5. The van der Waals surface area contributed by atoms with E-state index in [1.165, 1.54) is 0 Å². The summed E-state index contributed by atoms with van der Waals surface area (Å²) in [5.74, 6) is 0. The fourth-order valence-corrected chi connectivity index (χ4v) is 1.60. The lowest BCUT2D eigenvalue weighted by Gasteiger charge is -2.31. The number of amides is 2. The highest BCUT2D eigenvalue weighted by Gasteiger charge is 2.34. The van der Waals surface area contributed by atoms with Crippen LogP contribution in [0.15, 0.2) is 0 Å². The van der Waals surface area contributed by atoms with Crippen LogP contribution < -0.4 is 0 Å². The molecule has 2 amide bonds. The molecule has 0 unspecified atom stereocenters. The molecular weight excluding hydrogens is 258 g/mol. The standard InChI is InChI=1S/C15H29NO4/c1-9-10-11(2)16(12(17)19-14(3,4)5)13(18)20-15(6,7)8/h11H,9-10H2,1-8H3/t11-/m1/s1. The topological polar surface area (TPSA) is 55.8 Å². The molecule has 0 bridgehead atoms. The van der Waals surface area contributed by atoms with Crippen LogP contribution >= 0.6 is 0 Å². The second-order valence-corrected chi connectivity index (χ2v) is 6.97. The number of carbonyl (C=O) groups is 2. The number of hydrogen-bond donors (Lipinski definition) is 0. The van der Waals surface area contributed by atoms with Crippen LogP contribution in [0.1, 0.15) is 68.2 Å². The maximum absolute atomic E-state index is 12.2. The smallest absolute Gasteiger partial charge is 0.420 e. The Morgan fingerprint density at radius 1 is 0.950 bits per heavy atom. The van der Waals surface area contributed by atoms with Gasteiger partial charge in [-0.2, -0.15) is 0 Å². The van der Waals surface area contributed by atoms with Crippen LogP contribution in [0.4, 0.5) is 9.59 Å². The molecular formula is C15H29NO4. The van der Waals surface area contributed by atoms with Gasteiger partial charge in [-0.25, -0.2) is 14.5 Å². The molecule has 5 nitrogen and oxygen atoms in total. The first-order valence-corrected chi connectivity index (χ1v) is 7.12. The Bertz CT molecular complexity index is 311. The molecule has 0 saturated heterocycles. The third kappa shape index (κ3) is 7.36. The van der Waals surface area contributed by atoms with Gasteiger partial charge in [-0.05, 0) is 54.9 Å². The van der Waals surface area contributed by atoms with Crippen LogP contribution in [0.25, 0.3) is 0 Å². The van der Waals surface area contributed by atoms with Crippen LogP contribution in [0.3, 0.4) is 0 Å². The van der Waals surface area contributed by atoms with E-state index >= 15 is 0 Å². The van der Waals surface area contributed by atoms with E-state index in [0.29, 0.717) is 6.42 Å². The molecule has 5 heteroatoms. The van der Waals surface area contributed by atoms with Crippen molar-refractivity contribution in [2.75, 3.05) is 0 Å². The zero-order chi connectivity index (χ0) is 16.1. The largest absolute Gasteiger partial charge is 0.443 e. The summed E-state index contributed by atoms with van der Waals surface area (Å²) in [6, 6.07) is -0.260. The van der Waals surface area contributed by atoms with Crippen molar-refractivity contribution in [1.29, 1.82) is 0 Å². The van der Waals surface area contributed by atoms with Gasteiger partial charge in [-0.15, -0.1) is 0 Å². The van der Waals surface area contributed by atoms with E-state index in [-0.39, 0.29) is 6.04 Å². The van der Waals surface area contributed by atoms with Crippen molar-refractivity contribution in [1.82, 2.24) is 4.90 Å². The van der Waals surface area contributed by atoms with E-state index in [1.807, 2.05) is 13.8 Å². The van der Waals surface area contributed by atoms with E-state index in [9.17, 15) is 9.59 Å². The minimum atomic E-state index is -0.660. The number of nitrogens with zero attached hydrogens (tertiary/aromatic N) is 1. The fraction of sp³-hybridized carbons (Fsp3) is 0.867. The lowest BCUT2D eigenvalue weighted by Crippen LogP contribution is -2.47. The normalized spacial score (nSPS) is 13.6. The van der Waals surface area contributed by atoms with Crippen molar-refractivity contribution >= 4 is 12.2 Å². The third-order valence-electron chi connectivity index (χ3n) is 2.33. The van der Waals surface area contributed by atoms with Gasteiger partial charge < -0.3 is 9.47 Å². The van der Waals surface area contributed by atoms with E-state index in [1.54, 1.807) is 41.5 Å². The fourth-order valence-electron chi connectivity index (χ4n) is 1.60. The quantitative estimate of drug-likeness (QED) is 0.774. The van der Waals surface area contributed by atoms with Crippen molar-refractivity contribution < 1.29 is 19.1 Å². The molecule has 0 fully saturated rings. The molecule has 0 aliphatic heterocycles. The van der Waals surface area contributed by atoms with Gasteiger partial charge in [0.25, 0.3) is 0 Å². The van der Waals surface area contributed by atoms with E-state index < -0.39 is 23.4 Å². The number of carbonyl (C=O) groups excluding carboxylic acids is 2. The van der Waals surface area contributed by atoms with Crippen LogP contribution in [-0.2, 0) is 9.47 Å². The SMILES string of the molecule is CCC[C@@H](C)N(C(=O)OC(C)(C)C)C(=O)OC(C)(C)C. The highest BCUT2D eigenvalue weighted by atomic mass is 16.6. The Kier molecular flexibility index (Phi) is 6.51. The Balaban J connectivity index is 5.08.